The second-order valence-corrected chi connectivity index (χ2v) is 7.37. The van der Waals surface area contributed by atoms with Crippen molar-refractivity contribution in [1.82, 2.24) is 20.0 Å². The van der Waals surface area contributed by atoms with E-state index in [1.165, 1.54) is 11.6 Å². The molecule has 0 fully saturated rings. The maximum absolute atomic E-state index is 11.7. The summed E-state index contributed by atoms with van der Waals surface area (Å²) in [4.78, 5) is 34.4. The average Bonchev–Trinajstić information content (AvgIpc) is 3.23. The molecule has 2 heterocycles. The summed E-state index contributed by atoms with van der Waals surface area (Å²) < 4.78 is 1.29. The van der Waals surface area contributed by atoms with E-state index in [-0.39, 0.29) is 17.0 Å². The predicted molar refractivity (Wildman–Crippen MR) is 121 cm³/mol. The second kappa shape index (κ2) is 9.75. The highest BCUT2D eigenvalue weighted by Crippen LogP contribution is 2.10. The van der Waals surface area contributed by atoms with Gasteiger partial charge in [-0.15, -0.1) is 0 Å². The summed E-state index contributed by atoms with van der Waals surface area (Å²) in [7, 11) is 0. The van der Waals surface area contributed by atoms with E-state index in [1.54, 1.807) is 6.92 Å². The van der Waals surface area contributed by atoms with E-state index in [2.05, 4.69) is 15.3 Å². The zero-order valence-electron chi connectivity index (χ0n) is 17.9. The van der Waals surface area contributed by atoms with Crippen molar-refractivity contribution in [2.24, 2.45) is 0 Å². The first-order valence-electron chi connectivity index (χ1n) is 10.0. The number of carbonyl (C=O) groups excluding carboxylic acids is 1. The number of nitrogens with zero attached hydrogens (tertiary/aromatic N) is 1. The zero-order valence-corrected chi connectivity index (χ0v) is 17.9. The van der Waals surface area contributed by atoms with Crippen LogP contribution in [0.4, 0.5) is 0 Å². The van der Waals surface area contributed by atoms with Gasteiger partial charge < -0.3 is 5.10 Å². The van der Waals surface area contributed by atoms with Crippen LogP contribution >= 0.6 is 0 Å². The first kappa shape index (κ1) is 21.8. The molecule has 0 aliphatic rings. The molecule has 4 rings (SSSR count). The SMILES string of the molecule is CC(=O)n1[nH]c(=O)c(Cc2ccccc2)c1C.Cc1[nH][nH]c(=O)c1Cc1ccccc1. The van der Waals surface area contributed by atoms with E-state index in [0.717, 1.165) is 22.4 Å². The van der Waals surface area contributed by atoms with Gasteiger partial charge in [0.1, 0.15) is 0 Å². The number of benzene rings is 2. The van der Waals surface area contributed by atoms with Gasteiger partial charge in [0.05, 0.1) is 0 Å². The second-order valence-electron chi connectivity index (χ2n) is 7.37. The van der Waals surface area contributed by atoms with E-state index < -0.39 is 0 Å². The third kappa shape index (κ3) is 5.39. The van der Waals surface area contributed by atoms with Gasteiger partial charge in [-0.1, -0.05) is 60.7 Å². The smallest absolute Gasteiger partial charge is 0.268 e. The van der Waals surface area contributed by atoms with E-state index in [9.17, 15) is 14.4 Å². The maximum Gasteiger partial charge on any atom is 0.268 e. The van der Waals surface area contributed by atoms with Gasteiger partial charge in [0.15, 0.2) is 0 Å². The monoisotopic (exact) mass is 418 g/mol. The fraction of sp³-hybridized carbons (Fsp3) is 0.208. The van der Waals surface area contributed by atoms with Crippen LogP contribution in [-0.4, -0.2) is 25.9 Å². The molecule has 160 valence electrons. The Labute approximate surface area is 179 Å². The van der Waals surface area contributed by atoms with Crippen molar-refractivity contribution in [2.75, 3.05) is 0 Å². The minimum Gasteiger partial charge on any atom is -0.302 e. The van der Waals surface area contributed by atoms with Crippen LogP contribution in [0.3, 0.4) is 0 Å². The Morgan fingerprint density at radius 1 is 0.774 bits per heavy atom. The normalized spacial score (nSPS) is 10.4. The quantitative estimate of drug-likeness (QED) is 0.473. The minimum atomic E-state index is -0.193. The number of aromatic nitrogens is 4. The molecule has 0 atom stereocenters. The van der Waals surface area contributed by atoms with Crippen LogP contribution in [0.1, 0.15) is 45.4 Å². The van der Waals surface area contributed by atoms with E-state index in [1.807, 2.05) is 67.6 Å². The Hall–Kier alpha value is -3.87. The zero-order chi connectivity index (χ0) is 22.4. The molecule has 31 heavy (non-hydrogen) atoms. The summed E-state index contributed by atoms with van der Waals surface area (Å²) in [6.07, 6.45) is 1.23. The predicted octanol–water partition coefficient (Wildman–Crippen LogP) is 3.34. The number of hydrogen-bond acceptors (Lipinski definition) is 3. The highest BCUT2D eigenvalue weighted by atomic mass is 16.2. The summed E-state index contributed by atoms with van der Waals surface area (Å²) in [5, 5.41) is 7.94. The molecule has 3 N–H and O–H groups in total. The fourth-order valence-corrected chi connectivity index (χ4v) is 3.36. The first-order chi connectivity index (χ1) is 14.9. The van der Waals surface area contributed by atoms with Gasteiger partial charge in [0.2, 0.25) is 5.91 Å². The van der Waals surface area contributed by atoms with Crippen LogP contribution in [0.15, 0.2) is 70.3 Å². The Morgan fingerprint density at radius 3 is 1.71 bits per heavy atom. The van der Waals surface area contributed by atoms with E-state index >= 15 is 0 Å². The summed E-state index contributed by atoms with van der Waals surface area (Å²) >= 11 is 0. The van der Waals surface area contributed by atoms with Crippen LogP contribution in [-0.2, 0) is 12.8 Å². The lowest BCUT2D eigenvalue weighted by Crippen LogP contribution is -2.12. The Morgan fingerprint density at radius 2 is 1.29 bits per heavy atom. The molecule has 7 nitrogen and oxygen atoms in total. The van der Waals surface area contributed by atoms with E-state index in [4.69, 9.17) is 0 Å². The fourth-order valence-electron chi connectivity index (χ4n) is 3.36. The highest BCUT2D eigenvalue weighted by Gasteiger charge is 2.13. The molecule has 0 spiro atoms. The molecule has 0 amide bonds. The molecule has 0 aliphatic carbocycles. The molecule has 4 aromatic rings. The summed E-state index contributed by atoms with van der Waals surface area (Å²) in [5.74, 6) is -0.182. The van der Waals surface area contributed by atoms with Crippen LogP contribution in [0.5, 0.6) is 0 Å². The van der Waals surface area contributed by atoms with Crippen molar-refractivity contribution in [3.05, 3.63) is 115 Å². The van der Waals surface area contributed by atoms with Gasteiger partial charge in [-0.2, -0.15) is 0 Å². The van der Waals surface area contributed by atoms with Crippen molar-refractivity contribution < 1.29 is 4.79 Å². The molecule has 2 aromatic heterocycles. The Bertz CT molecular complexity index is 1260. The Balaban J connectivity index is 0.000000179. The standard InChI is InChI=1S/C13H14N2O2.C11H12N2O/c1-9-12(8-11-6-4-3-5-7-11)13(17)14-15(9)10(2)16;1-8-10(11(14)13-12-8)7-9-5-3-2-4-6-9/h3-7H,8H2,1-2H3,(H,14,17);2-6H,7H2,1H3,(H2,12,13,14). The largest absolute Gasteiger partial charge is 0.302 e. The third-order valence-corrected chi connectivity index (χ3v) is 5.11. The van der Waals surface area contributed by atoms with Gasteiger partial charge in [0, 0.05) is 42.3 Å². The number of carbonyl (C=O) groups is 1. The number of nitrogens with one attached hydrogen (secondary N) is 3. The molecule has 0 unspecified atom stereocenters. The van der Waals surface area contributed by atoms with Crippen molar-refractivity contribution in [3.8, 4) is 0 Å². The van der Waals surface area contributed by atoms with Gasteiger partial charge in [-0.25, -0.2) is 4.68 Å². The van der Waals surface area contributed by atoms with Crippen molar-refractivity contribution >= 4 is 5.91 Å². The summed E-state index contributed by atoms with van der Waals surface area (Å²) in [5.41, 5.74) is 5.06. The highest BCUT2D eigenvalue weighted by molar-refractivity contribution is 5.76. The van der Waals surface area contributed by atoms with Gasteiger partial charge in [-0.05, 0) is 25.0 Å². The molecule has 0 saturated carbocycles. The number of aryl methyl sites for hydroxylation is 1. The number of rotatable bonds is 4. The van der Waals surface area contributed by atoms with Crippen molar-refractivity contribution in [1.29, 1.82) is 0 Å². The van der Waals surface area contributed by atoms with Gasteiger partial charge in [0.25, 0.3) is 11.1 Å². The molecule has 0 saturated heterocycles. The van der Waals surface area contributed by atoms with Crippen molar-refractivity contribution in [3.63, 3.8) is 0 Å². The maximum atomic E-state index is 11.7. The van der Waals surface area contributed by atoms with Crippen LogP contribution in [0, 0.1) is 13.8 Å². The Kier molecular flexibility index (Phi) is 6.87. The van der Waals surface area contributed by atoms with Crippen molar-refractivity contribution in [2.45, 2.75) is 33.6 Å². The topological polar surface area (TPSA) is 104 Å². The summed E-state index contributed by atoms with van der Waals surface area (Å²) in [6.45, 7) is 5.10. The molecule has 7 heteroatoms. The number of H-pyrrole nitrogens is 3. The molecule has 0 radical (unpaired) electrons. The van der Waals surface area contributed by atoms with Crippen LogP contribution in [0.2, 0.25) is 0 Å². The molecular weight excluding hydrogens is 392 g/mol. The molecular formula is C24H26N4O3. The van der Waals surface area contributed by atoms with E-state index in [0.29, 0.717) is 24.1 Å². The average molecular weight is 418 g/mol. The van der Waals surface area contributed by atoms with Gasteiger partial charge in [-0.3, -0.25) is 24.6 Å². The van der Waals surface area contributed by atoms with Gasteiger partial charge >= 0.3 is 0 Å². The lowest BCUT2D eigenvalue weighted by Gasteiger charge is -2.01. The minimum absolute atomic E-state index is 0.0219. The van der Waals surface area contributed by atoms with Crippen LogP contribution in [0.25, 0.3) is 0 Å². The summed E-state index contributed by atoms with van der Waals surface area (Å²) in [6, 6.07) is 19.7. The lowest BCUT2D eigenvalue weighted by molar-refractivity contribution is 0.0918. The van der Waals surface area contributed by atoms with Crippen LogP contribution < -0.4 is 11.1 Å². The molecule has 0 bridgehead atoms. The number of hydrogen-bond donors (Lipinski definition) is 3. The number of aromatic amines is 3. The first-order valence-corrected chi connectivity index (χ1v) is 10.0. The lowest BCUT2D eigenvalue weighted by atomic mass is 10.1. The third-order valence-electron chi connectivity index (χ3n) is 5.11. The molecule has 2 aromatic carbocycles. The molecule has 0 aliphatic heterocycles.